The van der Waals surface area contributed by atoms with Gasteiger partial charge in [-0.15, -0.1) is 0 Å². The fraction of sp³-hybridized carbons (Fsp3) is 0.462. The molecule has 0 saturated carbocycles. The minimum absolute atomic E-state index is 0.00737. The van der Waals surface area contributed by atoms with E-state index in [4.69, 9.17) is 0 Å². The van der Waals surface area contributed by atoms with Gasteiger partial charge >= 0.3 is 0 Å². The summed E-state index contributed by atoms with van der Waals surface area (Å²) in [6.45, 7) is 4.14. The molecule has 0 bridgehead atoms. The van der Waals surface area contributed by atoms with Gasteiger partial charge in [0, 0.05) is 39.0 Å². The molecular formula is C13H17N5O. The number of hydrogen-bond donors (Lipinski definition) is 1. The molecule has 100 valence electrons. The Balaban J connectivity index is 1.83. The van der Waals surface area contributed by atoms with Crippen molar-refractivity contribution >= 4 is 0 Å². The minimum Gasteiger partial charge on any atom is -0.337 e. The molecule has 2 aromatic rings. The molecule has 0 spiro atoms. The van der Waals surface area contributed by atoms with Crippen molar-refractivity contribution in [3.8, 4) is 0 Å². The molecule has 0 aliphatic carbocycles. The Hall–Kier alpha value is -1.95. The van der Waals surface area contributed by atoms with E-state index in [1.54, 1.807) is 6.20 Å². The van der Waals surface area contributed by atoms with Crippen LogP contribution in [0.15, 0.2) is 17.2 Å². The summed E-state index contributed by atoms with van der Waals surface area (Å²) in [6.07, 6.45) is 4.56. The van der Waals surface area contributed by atoms with Crippen LogP contribution in [0.25, 0.3) is 0 Å². The van der Waals surface area contributed by atoms with E-state index < -0.39 is 0 Å². The van der Waals surface area contributed by atoms with Crippen molar-refractivity contribution in [3.63, 3.8) is 0 Å². The highest BCUT2D eigenvalue weighted by atomic mass is 16.1. The summed E-state index contributed by atoms with van der Waals surface area (Å²) in [5, 5.41) is 0. The third-order valence-electron chi connectivity index (χ3n) is 3.55. The molecule has 1 N–H and O–H groups in total. The standard InChI is InChI=1S/C13H17N5O/c1-9-15-11-3-5-18(7-10(11)13(19)16-9)8-12-14-4-6-17(12)2/h4,6H,3,5,7-8H2,1-2H3,(H,15,16,19). The molecule has 6 heteroatoms. The molecule has 1 aliphatic rings. The van der Waals surface area contributed by atoms with E-state index in [2.05, 4.69) is 19.9 Å². The highest BCUT2D eigenvalue weighted by Gasteiger charge is 2.21. The van der Waals surface area contributed by atoms with Crippen molar-refractivity contribution in [1.82, 2.24) is 24.4 Å². The Bertz CT molecular complexity index is 657. The number of fused-ring (bicyclic) bond motifs is 1. The Morgan fingerprint density at radius 3 is 3.05 bits per heavy atom. The fourth-order valence-electron chi connectivity index (χ4n) is 2.49. The van der Waals surface area contributed by atoms with E-state index in [0.29, 0.717) is 12.4 Å². The Morgan fingerprint density at radius 1 is 1.47 bits per heavy atom. The fourth-order valence-corrected chi connectivity index (χ4v) is 2.49. The quantitative estimate of drug-likeness (QED) is 0.846. The summed E-state index contributed by atoms with van der Waals surface area (Å²) in [5.74, 6) is 1.71. The lowest BCUT2D eigenvalue weighted by atomic mass is 10.1. The maximum Gasteiger partial charge on any atom is 0.255 e. The zero-order valence-corrected chi connectivity index (χ0v) is 11.2. The van der Waals surface area contributed by atoms with Crippen molar-refractivity contribution in [1.29, 1.82) is 0 Å². The van der Waals surface area contributed by atoms with Gasteiger partial charge in [-0.2, -0.15) is 0 Å². The lowest BCUT2D eigenvalue weighted by molar-refractivity contribution is 0.233. The first-order valence-corrected chi connectivity index (χ1v) is 6.40. The van der Waals surface area contributed by atoms with E-state index >= 15 is 0 Å². The molecule has 1 aliphatic heterocycles. The predicted octanol–water partition coefficient (Wildman–Crippen LogP) is 0.370. The smallest absolute Gasteiger partial charge is 0.255 e. The Morgan fingerprint density at radius 2 is 2.32 bits per heavy atom. The molecule has 0 atom stereocenters. The van der Waals surface area contributed by atoms with E-state index in [0.717, 1.165) is 36.6 Å². The molecule has 19 heavy (non-hydrogen) atoms. The lowest BCUT2D eigenvalue weighted by Crippen LogP contribution is -2.36. The third-order valence-corrected chi connectivity index (χ3v) is 3.55. The van der Waals surface area contributed by atoms with E-state index in [-0.39, 0.29) is 5.56 Å². The third kappa shape index (κ3) is 2.31. The van der Waals surface area contributed by atoms with Crippen molar-refractivity contribution < 1.29 is 0 Å². The number of aryl methyl sites for hydroxylation is 2. The van der Waals surface area contributed by atoms with E-state index in [1.807, 2.05) is 24.7 Å². The summed E-state index contributed by atoms with van der Waals surface area (Å²) < 4.78 is 2.01. The number of aromatic nitrogens is 4. The van der Waals surface area contributed by atoms with Gasteiger partial charge < -0.3 is 9.55 Å². The molecule has 0 radical (unpaired) electrons. The van der Waals surface area contributed by atoms with Crippen LogP contribution in [0.1, 0.15) is 22.9 Å². The number of H-pyrrole nitrogens is 1. The van der Waals surface area contributed by atoms with Crippen LogP contribution >= 0.6 is 0 Å². The van der Waals surface area contributed by atoms with Gasteiger partial charge in [-0.1, -0.05) is 0 Å². The number of nitrogens with zero attached hydrogens (tertiary/aromatic N) is 4. The average molecular weight is 259 g/mol. The Labute approximate surface area is 111 Å². The van der Waals surface area contributed by atoms with Crippen LogP contribution in [0.4, 0.5) is 0 Å². The summed E-state index contributed by atoms with van der Waals surface area (Å²) in [7, 11) is 1.98. The second-order valence-electron chi connectivity index (χ2n) is 4.99. The Kier molecular flexibility index (Phi) is 2.94. The number of aromatic amines is 1. The molecule has 6 nitrogen and oxygen atoms in total. The number of nitrogens with one attached hydrogen (secondary N) is 1. The normalized spacial score (nSPS) is 15.5. The van der Waals surface area contributed by atoms with Gasteiger partial charge in [0.05, 0.1) is 17.8 Å². The van der Waals surface area contributed by atoms with Gasteiger partial charge in [-0.3, -0.25) is 9.69 Å². The molecule has 3 rings (SSSR count). The zero-order chi connectivity index (χ0) is 13.4. The largest absolute Gasteiger partial charge is 0.337 e. The van der Waals surface area contributed by atoms with Crippen LogP contribution in [0.3, 0.4) is 0 Å². The number of hydrogen-bond acceptors (Lipinski definition) is 4. The lowest BCUT2D eigenvalue weighted by Gasteiger charge is -2.27. The second kappa shape index (κ2) is 4.62. The van der Waals surface area contributed by atoms with Crippen LogP contribution in [0.2, 0.25) is 0 Å². The SMILES string of the molecule is Cc1nc2c(c(=O)[nH]1)CN(Cc1nccn1C)CC2. The molecule has 0 saturated heterocycles. The summed E-state index contributed by atoms with van der Waals surface area (Å²) in [6, 6.07) is 0. The van der Waals surface area contributed by atoms with Crippen LogP contribution < -0.4 is 5.56 Å². The number of imidazole rings is 1. The van der Waals surface area contributed by atoms with E-state index in [1.165, 1.54) is 0 Å². The van der Waals surface area contributed by atoms with Crippen LogP contribution in [-0.4, -0.2) is 31.0 Å². The monoisotopic (exact) mass is 259 g/mol. The van der Waals surface area contributed by atoms with Crippen LogP contribution in [0.5, 0.6) is 0 Å². The number of rotatable bonds is 2. The van der Waals surface area contributed by atoms with Gasteiger partial charge in [-0.05, 0) is 6.92 Å². The maximum atomic E-state index is 12.0. The zero-order valence-electron chi connectivity index (χ0n) is 11.2. The van der Waals surface area contributed by atoms with Crippen molar-refractivity contribution in [3.05, 3.63) is 45.7 Å². The molecule has 0 aromatic carbocycles. The average Bonchev–Trinajstić information content (AvgIpc) is 2.76. The van der Waals surface area contributed by atoms with Crippen molar-refractivity contribution in [2.24, 2.45) is 7.05 Å². The van der Waals surface area contributed by atoms with Gasteiger partial charge in [0.1, 0.15) is 11.6 Å². The first-order valence-electron chi connectivity index (χ1n) is 6.40. The molecule has 0 amide bonds. The summed E-state index contributed by atoms with van der Waals surface area (Å²) in [5.41, 5.74) is 1.73. The highest BCUT2D eigenvalue weighted by Crippen LogP contribution is 2.15. The minimum atomic E-state index is -0.00737. The van der Waals surface area contributed by atoms with Gasteiger partial charge in [-0.25, -0.2) is 9.97 Å². The molecule has 0 unspecified atom stereocenters. The molecule has 3 heterocycles. The van der Waals surface area contributed by atoms with Crippen LogP contribution in [-0.2, 0) is 26.6 Å². The maximum absolute atomic E-state index is 12.0. The van der Waals surface area contributed by atoms with Crippen LogP contribution in [0, 0.1) is 6.92 Å². The van der Waals surface area contributed by atoms with E-state index in [9.17, 15) is 4.79 Å². The van der Waals surface area contributed by atoms with Gasteiger partial charge in [0.25, 0.3) is 5.56 Å². The highest BCUT2D eigenvalue weighted by molar-refractivity contribution is 5.20. The molecule has 2 aromatic heterocycles. The van der Waals surface area contributed by atoms with Crippen molar-refractivity contribution in [2.45, 2.75) is 26.4 Å². The molecular weight excluding hydrogens is 242 g/mol. The summed E-state index contributed by atoms with van der Waals surface area (Å²) in [4.78, 5) is 25.7. The van der Waals surface area contributed by atoms with Gasteiger partial charge in [0.2, 0.25) is 0 Å². The first kappa shape index (κ1) is 12.1. The topological polar surface area (TPSA) is 66.8 Å². The van der Waals surface area contributed by atoms with Gasteiger partial charge in [0.15, 0.2) is 0 Å². The predicted molar refractivity (Wildman–Crippen MR) is 70.6 cm³/mol. The van der Waals surface area contributed by atoms with Crippen molar-refractivity contribution in [2.75, 3.05) is 6.54 Å². The second-order valence-corrected chi connectivity index (χ2v) is 4.99. The summed E-state index contributed by atoms with van der Waals surface area (Å²) >= 11 is 0. The molecule has 0 fully saturated rings. The first-order chi connectivity index (χ1) is 9.13.